The molecule has 0 aliphatic carbocycles. The van der Waals surface area contributed by atoms with Crippen molar-refractivity contribution in [2.45, 2.75) is 0 Å². The Kier molecular flexibility index (Phi) is 3.99. The van der Waals surface area contributed by atoms with E-state index in [0.717, 1.165) is 42.8 Å². The van der Waals surface area contributed by atoms with E-state index < -0.39 is 0 Å². The van der Waals surface area contributed by atoms with Gasteiger partial charge in [0.2, 0.25) is 0 Å². The number of nitriles is 1. The second-order valence-corrected chi connectivity index (χ2v) is 8.02. The lowest BCUT2D eigenvalue weighted by atomic mass is 10.0. The monoisotopic (exact) mass is 391 g/mol. The molecular formula is C21H18ClN5O. The fourth-order valence-corrected chi connectivity index (χ4v) is 4.70. The van der Waals surface area contributed by atoms with E-state index in [-0.39, 0.29) is 5.91 Å². The predicted octanol–water partition coefficient (Wildman–Crippen LogP) is 3.30. The van der Waals surface area contributed by atoms with Crippen LogP contribution in [0.3, 0.4) is 0 Å². The summed E-state index contributed by atoms with van der Waals surface area (Å²) in [6.45, 7) is 3.33. The van der Waals surface area contributed by atoms with Crippen molar-refractivity contribution >= 4 is 34.1 Å². The highest BCUT2D eigenvalue weighted by Gasteiger charge is 2.42. The number of aromatic nitrogens is 2. The van der Waals surface area contributed by atoms with Crippen LogP contribution < -0.4 is 4.90 Å². The van der Waals surface area contributed by atoms with E-state index in [9.17, 15) is 4.79 Å². The Bertz CT molecular complexity index is 1090. The van der Waals surface area contributed by atoms with E-state index in [1.807, 2.05) is 23.2 Å². The molecule has 3 heterocycles. The summed E-state index contributed by atoms with van der Waals surface area (Å²) >= 11 is 6.29. The third-order valence-electron chi connectivity index (χ3n) is 5.88. The van der Waals surface area contributed by atoms with Gasteiger partial charge >= 0.3 is 0 Å². The molecule has 1 amide bonds. The number of hydrogen-bond donors (Lipinski definition) is 1. The number of fused-ring (bicyclic) bond motifs is 2. The molecule has 6 nitrogen and oxygen atoms in total. The Morgan fingerprint density at radius 2 is 1.86 bits per heavy atom. The van der Waals surface area contributed by atoms with E-state index in [0.29, 0.717) is 28.0 Å². The van der Waals surface area contributed by atoms with Gasteiger partial charge in [-0.1, -0.05) is 11.6 Å². The molecule has 2 aromatic carbocycles. The van der Waals surface area contributed by atoms with Crippen LogP contribution in [0.5, 0.6) is 0 Å². The highest BCUT2D eigenvalue weighted by Crippen LogP contribution is 2.38. The quantitative estimate of drug-likeness (QED) is 0.727. The number of carbonyl (C=O) groups is 1. The Morgan fingerprint density at radius 1 is 1.14 bits per heavy atom. The first kappa shape index (κ1) is 17.1. The van der Waals surface area contributed by atoms with Crippen LogP contribution in [0.15, 0.2) is 42.6 Å². The summed E-state index contributed by atoms with van der Waals surface area (Å²) in [7, 11) is 0. The summed E-state index contributed by atoms with van der Waals surface area (Å²) in [5.41, 5.74) is 3.26. The first-order chi connectivity index (χ1) is 13.6. The fourth-order valence-electron chi connectivity index (χ4n) is 4.49. The number of aromatic amines is 1. The van der Waals surface area contributed by atoms with Gasteiger partial charge in [0, 0.05) is 59.7 Å². The first-order valence-electron chi connectivity index (χ1n) is 9.29. The van der Waals surface area contributed by atoms with E-state index in [4.69, 9.17) is 16.9 Å². The van der Waals surface area contributed by atoms with Crippen molar-refractivity contribution in [3.63, 3.8) is 0 Å². The van der Waals surface area contributed by atoms with Gasteiger partial charge in [-0.05, 0) is 36.4 Å². The predicted molar refractivity (Wildman–Crippen MR) is 107 cm³/mol. The highest BCUT2D eigenvalue weighted by molar-refractivity contribution is 6.31. The van der Waals surface area contributed by atoms with Gasteiger partial charge < -0.3 is 9.80 Å². The SMILES string of the molecule is N#Cc1ccc(C(=O)N2C[C@@H]3CN(c4cc(Cl)cc5[nH]ncc45)C[C@@H]3C2)cc1. The molecule has 2 aliphatic rings. The van der Waals surface area contributed by atoms with E-state index in [2.05, 4.69) is 21.2 Å². The summed E-state index contributed by atoms with van der Waals surface area (Å²) < 4.78 is 0. The molecule has 7 heteroatoms. The normalized spacial score (nSPS) is 21.1. The second kappa shape index (κ2) is 6.54. The topological polar surface area (TPSA) is 76.0 Å². The number of hydrogen-bond acceptors (Lipinski definition) is 4. The van der Waals surface area contributed by atoms with Gasteiger partial charge in [0.1, 0.15) is 0 Å². The Balaban J connectivity index is 1.31. The van der Waals surface area contributed by atoms with Crippen molar-refractivity contribution in [1.82, 2.24) is 15.1 Å². The Morgan fingerprint density at radius 3 is 2.54 bits per heavy atom. The molecular weight excluding hydrogens is 374 g/mol. The van der Waals surface area contributed by atoms with Gasteiger partial charge in [-0.3, -0.25) is 9.89 Å². The van der Waals surface area contributed by atoms with Crippen molar-refractivity contribution in [2.24, 2.45) is 11.8 Å². The van der Waals surface area contributed by atoms with Crippen molar-refractivity contribution in [3.05, 3.63) is 58.7 Å². The number of rotatable bonds is 2. The van der Waals surface area contributed by atoms with Crippen LogP contribution in [0, 0.1) is 23.2 Å². The zero-order valence-electron chi connectivity index (χ0n) is 15.1. The van der Waals surface area contributed by atoms with Crippen molar-refractivity contribution in [2.75, 3.05) is 31.1 Å². The Hall–Kier alpha value is -3.04. The average Bonchev–Trinajstić information content (AvgIpc) is 3.41. The third kappa shape index (κ3) is 2.79. The first-order valence-corrected chi connectivity index (χ1v) is 9.67. The molecule has 0 unspecified atom stereocenters. The third-order valence-corrected chi connectivity index (χ3v) is 6.09. The minimum Gasteiger partial charge on any atom is -0.370 e. The molecule has 2 atom stereocenters. The summed E-state index contributed by atoms with van der Waals surface area (Å²) in [6, 6.07) is 12.8. The number of anilines is 1. The van der Waals surface area contributed by atoms with Gasteiger partial charge in [0.25, 0.3) is 5.91 Å². The lowest BCUT2D eigenvalue weighted by Gasteiger charge is -2.24. The lowest BCUT2D eigenvalue weighted by Crippen LogP contribution is -2.33. The second-order valence-electron chi connectivity index (χ2n) is 7.58. The summed E-state index contributed by atoms with van der Waals surface area (Å²) in [5.74, 6) is 0.942. The van der Waals surface area contributed by atoms with E-state index in [1.165, 1.54) is 0 Å². The van der Waals surface area contributed by atoms with Gasteiger partial charge in [-0.25, -0.2) is 0 Å². The zero-order chi connectivity index (χ0) is 19.3. The summed E-state index contributed by atoms with van der Waals surface area (Å²) in [5, 5.41) is 17.8. The molecule has 3 aromatic rings. The molecule has 140 valence electrons. The molecule has 0 spiro atoms. The molecule has 5 rings (SSSR count). The van der Waals surface area contributed by atoms with Crippen LogP contribution in [0.1, 0.15) is 15.9 Å². The summed E-state index contributed by atoms with van der Waals surface area (Å²) in [4.78, 5) is 17.1. The number of amides is 1. The van der Waals surface area contributed by atoms with Crippen LogP contribution in [0.25, 0.3) is 10.9 Å². The largest absolute Gasteiger partial charge is 0.370 e. The molecule has 0 bridgehead atoms. The maximum atomic E-state index is 12.8. The molecule has 0 saturated carbocycles. The minimum absolute atomic E-state index is 0.0467. The number of likely N-dealkylation sites (tertiary alicyclic amines) is 1. The van der Waals surface area contributed by atoms with Crippen LogP contribution in [-0.4, -0.2) is 47.2 Å². The number of nitrogens with zero attached hydrogens (tertiary/aromatic N) is 4. The molecule has 28 heavy (non-hydrogen) atoms. The van der Waals surface area contributed by atoms with Gasteiger partial charge in [-0.15, -0.1) is 0 Å². The van der Waals surface area contributed by atoms with Crippen LogP contribution >= 0.6 is 11.6 Å². The molecule has 1 aromatic heterocycles. The molecule has 2 fully saturated rings. The molecule has 2 saturated heterocycles. The minimum atomic E-state index is 0.0467. The highest BCUT2D eigenvalue weighted by atomic mass is 35.5. The van der Waals surface area contributed by atoms with Crippen molar-refractivity contribution < 1.29 is 4.79 Å². The molecule has 2 aliphatic heterocycles. The maximum Gasteiger partial charge on any atom is 0.253 e. The number of H-pyrrole nitrogens is 1. The number of nitrogens with one attached hydrogen (secondary N) is 1. The van der Waals surface area contributed by atoms with Crippen LogP contribution in [0.2, 0.25) is 5.02 Å². The van der Waals surface area contributed by atoms with Crippen LogP contribution in [-0.2, 0) is 0 Å². The Labute approximate surface area is 167 Å². The standard InChI is InChI=1S/C21H18ClN5O/c22-17-5-19-18(8-24-25-19)20(6-17)26-9-15-11-27(12-16(15)10-26)21(28)14-3-1-13(7-23)2-4-14/h1-6,8,15-16H,9-12H2,(H,24,25)/t15-,16+. The van der Waals surface area contributed by atoms with Crippen molar-refractivity contribution in [3.8, 4) is 6.07 Å². The zero-order valence-corrected chi connectivity index (χ0v) is 15.9. The summed E-state index contributed by atoms with van der Waals surface area (Å²) in [6.07, 6.45) is 1.84. The van der Waals surface area contributed by atoms with Gasteiger partial charge in [0.15, 0.2) is 0 Å². The lowest BCUT2D eigenvalue weighted by molar-refractivity contribution is 0.0782. The van der Waals surface area contributed by atoms with E-state index >= 15 is 0 Å². The molecule has 1 N–H and O–H groups in total. The molecule has 0 radical (unpaired) electrons. The number of carbonyl (C=O) groups excluding carboxylic acids is 1. The van der Waals surface area contributed by atoms with Crippen molar-refractivity contribution in [1.29, 1.82) is 5.26 Å². The van der Waals surface area contributed by atoms with Crippen LogP contribution in [0.4, 0.5) is 5.69 Å². The fraction of sp³-hybridized carbons (Fsp3) is 0.286. The number of benzene rings is 2. The van der Waals surface area contributed by atoms with E-state index in [1.54, 1.807) is 24.3 Å². The average molecular weight is 392 g/mol. The van der Waals surface area contributed by atoms with Gasteiger partial charge in [0.05, 0.1) is 23.3 Å². The van der Waals surface area contributed by atoms with Gasteiger partial charge in [-0.2, -0.15) is 10.4 Å². The smallest absolute Gasteiger partial charge is 0.253 e. The maximum absolute atomic E-state index is 12.8. The number of halogens is 1.